The molecule has 1 heterocycles. The number of nitrogens with zero attached hydrogens (tertiary/aromatic N) is 2. The van der Waals surface area contributed by atoms with Crippen molar-refractivity contribution in [2.45, 2.75) is 5.41 Å². The second kappa shape index (κ2) is 14.3. The van der Waals surface area contributed by atoms with Gasteiger partial charge in [0.1, 0.15) is 11.2 Å². The van der Waals surface area contributed by atoms with Gasteiger partial charge in [-0.15, -0.1) is 0 Å². The lowest BCUT2D eigenvalue weighted by molar-refractivity contribution is 0.669. The van der Waals surface area contributed by atoms with Gasteiger partial charge in [-0.05, 0) is 123 Å². The van der Waals surface area contributed by atoms with Crippen LogP contribution in [0.25, 0.3) is 55.3 Å². The van der Waals surface area contributed by atoms with Gasteiger partial charge in [0.25, 0.3) is 0 Å². The predicted molar refractivity (Wildman–Crippen MR) is 265 cm³/mol. The molecule has 3 nitrogen and oxygen atoms in total. The van der Waals surface area contributed by atoms with Crippen molar-refractivity contribution in [1.29, 1.82) is 0 Å². The van der Waals surface area contributed by atoms with Crippen LogP contribution in [0.4, 0.5) is 34.1 Å². The summed E-state index contributed by atoms with van der Waals surface area (Å²) >= 11 is 0. The first kappa shape index (κ1) is 36.3. The Hall–Kier alpha value is -8.40. The molecule has 11 aromatic rings. The van der Waals surface area contributed by atoms with E-state index in [1.807, 2.05) is 6.07 Å². The van der Waals surface area contributed by atoms with Gasteiger partial charge in [-0.3, -0.25) is 0 Å². The van der Waals surface area contributed by atoms with Crippen molar-refractivity contribution in [3.05, 3.63) is 265 Å². The fourth-order valence-corrected chi connectivity index (χ4v) is 11.0. The van der Waals surface area contributed by atoms with Crippen LogP contribution in [0.3, 0.4) is 0 Å². The molecular formula is C61H40N2O. The van der Waals surface area contributed by atoms with Gasteiger partial charge in [0.15, 0.2) is 0 Å². The first-order valence-corrected chi connectivity index (χ1v) is 22.0. The minimum Gasteiger partial charge on any atom is -0.456 e. The number of hydrogen-bond donors (Lipinski definition) is 0. The Morgan fingerprint density at radius 1 is 0.312 bits per heavy atom. The van der Waals surface area contributed by atoms with Gasteiger partial charge < -0.3 is 14.2 Å². The summed E-state index contributed by atoms with van der Waals surface area (Å²) in [5.41, 5.74) is 20.4. The average molecular weight is 817 g/mol. The molecule has 1 spiro atoms. The number of furan rings is 1. The summed E-state index contributed by atoms with van der Waals surface area (Å²) in [4.78, 5) is 4.80. The van der Waals surface area contributed by atoms with E-state index in [0.29, 0.717) is 0 Å². The maximum Gasteiger partial charge on any atom is 0.137 e. The van der Waals surface area contributed by atoms with Crippen molar-refractivity contribution in [2.24, 2.45) is 0 Å². The van der Waals surface area contributed by atoms with Gasteiger partial charge in [0.05, 0.1) is 22.2 Å². The fraction of sp³-hybridized carbons (Fsp3) is 0.0164. The van der Waals surface area contributed by atoms with Crippen molar-refractivity contribution < 1.29 is 4.42 Å². The molecule has 0 N–H and O–H groups in total. The molecule has 1 atom stereocenters. The summed E-state index contributed by atoms with van der Waals surface area (Å²) in [6.07, 6.45) is 0. The number of anilines is 6. The van der Waals surface area contributed by atoms with E-state index in [2.05, 4.69) is 246 Å². The predicted octanol–water partition coefficient (Wildman–Crippen LogP) is 16.5. The molecule has 0 saturated carbocycles. The molecule has 2 aliphatic carbocycles. The van der Waals surface area contributed by atoms with Crippen LogP contribution in [-0.2, 0) is 5.41 Å². The van der Waals surface area contributed by atoms with E-state index in [1.165, 1.54) is 55.6 Å². The molecule has 0 saturated heterocycles. The zero-order valence-electron chi connectivity index (χ0n) is 34.9. The summed E-state index contributed by atoms with van der Waals surface area (Å²) in [5.74, 6) is 0. The Bertz CT molecular complexity index is 3520. The molecule has 0 radical (unpaired) electrons. The Labute approximate surface area is 372 Å². The zero-order valence-corrected chi connectivity index (χ0v) is 34.9. The van der Waals surface area contributed by atoms with Crippen molar-refractivity contribution in [1.82, 2.24) is 0 Å². The highest BCUT2D eigenvalue weighted by Crippen LogP contribution is 2.66. The normalized spacial score (nSPS) is 14.3. The first-order valence-electron chi connectivity index (χ1n) is 22.0. The highest BCUT2D eigenvalue weighted by atomic mass is 16.3. The van der Waals surface area contributed by atoms with Gasteiger partial charge in [-0.1, -0.05) is 170 Å². The number of benzene rings is 10. The van der Waals surface area contributed by atoms with E-state index in [-0.39, 0.29) is 0 Å². The Balaban J connectivity index is 1.06. The number of fused-ring (bicyclic) bond motifs is 13. The van der Waals surface area contributed by atoms with Crippen molar-refractivity contribution in [3.63, 3.8) is 0 Å². The summed E-state index contributed by atoms with van der Waals surface area (Å²) < 4.78 is 6.54. The largest absolute Gasteiger partial charge is 0.456 e. The molecule has 0 fully saturated rings. The van der Waals surface area contributed by atoms with Crippen LogP contribution in [0.1, 0.15) is 22.3 Å². The molecule has 0 bridgehead atoms. The van der Waals surface area contributed by atoms with E-state index in [4.69, 9.17) is 4.42 Å². The lowest BCUT2D eigenvalue weighted by Gasteiger charge is -2.36. The van der Waals surface area contributed by atoms with Crippen molar-refractivity contribution in [3.8, 4) is 33.4 Å². The average Bonchev–Trinajstić information content (AvgIpc) is 4.00. The minimum atomic E-state index is -0.610. The molecule has 3 heteroatoms. The van der Waals surface area contributed by atoms with Crippen LogP contribution >= 0.6 is 0 Å². The molecular weight excluding hydrogens is 777 g/mol. The molecule has 1 unspecified atom stereocenters. The lowest BCUT2D eigenvalue weighted by atomic mass is 9.69. The van der Waals surface area contributed by atoms with Crippen LogP contribution in [0.5, 0.6) is 0 Å². The SMILES string of the molecule is c1ccc(N(c2ccccc2)c2ccc(-c3cccc4c3-c3ccccc3C43c4ccccc4-c4cccc(N(c5ccccc5)c5cccc6oc7ccccc7c56)c43)cc2)cc1. The maximum atomic E-state index is 6.54. The monoisotopic (exact) mass is 816 g/mol. The number of para-hydroxylation sites is 4. The van der Waals surface area contributed by atoms with Crippen molar-refractivity contribution in [2.75, 3.05) is 9.80 Å². The Morgan fingerprint density at radius 3 is 1.52 bits per heavy atom. The van der Waals surface area contributed by atoms with E-state index in [0.717, 1.165) is 56.1 Å². The Kier molecular flexibility index (Phi) is 8.13. The maximum absolute atomic E-state index is 6.54. The molecule has 64 heavy (non-hydrogen) atoms. The smallest absolute Gasteiger partial charge is 0.137 e. The summed E-state index contributed by atoms with van der Waals surface area (Å²) in [5, 5.41) is 2.20. The molecule has 0 amide bonds. The summed E-state index contributed by atoms with van der Waals surface area (Å²) in [6, 6.07) is 88.1. The van der Waals surface area contributed by atoms with Crippen LogP contribution < -0.4 is 9.80 Å². The van der Waals surface area contributed by atoms with Gasteiger partial charge in [0.2, 0.25) is 0 Å². The molecule has 2 aliphatic rings. The van der Waals surface area contributed by atoms with E-state index in [1.54, 1.807) is 0 Å². The number of rotatable bonds is 7. The second-order valence-corrected chi connectivity index (χ2v) is 16.7. The molecule has 0 aliphatic heterocycles. The van der Waals surface area contributed by atoms with Gasteiger partial charge >= 0.3 is 0 Å². The van der Waals surface area contributed by atoms with E-state index < -0.39 is 5.41 Å². The Morgan fingerprint density at radius 2 is 0.797 bits per heavy atom. The number of hydrogen-bond acceptors (Lipinski definition) is 3. The topological polar surface area (TPSA) is 19.6 Å². The van der Waals surface area contributed by atoms with Crippen molar-refractivity contribution >= 4 is 56.1 Å². The molecule has 13 rings (SSSR count). The minimum absolute atomic E-state index is 0.610. The highest BCUT2D eigenvalue weighted by molar-refractivity contribution is 6.14. The quantitative estimate of drug-likeness (QED) is 0.160. The second-order valence-electron chi connectivity index (χ2n) is 16.7. The van der Waals surface area contributed by atoms with Gasteiger partial charge in [0, 0.05) is 33.7 Å². The molecule has 10 aromatic carbocycles. The zero-order chi connectivity index (χ0) is 42.2. The van der Waals surface area contributed by atoms with E-state index in [9.17, 15) is 0 Å². The van der Waals surface area contributed by atoms with Crippen LogP contribution in [0.15, 0.2) is 247 Å². The van der Waals surface area contributed by atoms with Gasteiger partial charge in [-0.2, -0.15) is 0 Å². The first-order chi connectivity index (χ1) is 31.8. The van der Waals surface area contributed by atoms with Crippen LogP contribution in [0.2, 0.25) is 0 Å². The molecule has 1 aromatic heterocycles. The highest BCUT2D eigenvalue weighted by Gasteiger charge is 2.54. The van der Waals surface area contributed by atoms with Crippen LogP contribution in [0, 0.1) is 0 Å². The third-order valence-corrected chi connectivity index (χ3v) is 13.4. The van der Waals surface area contributed by atoms with Gasteiger partial charge in [-0.25, -0.2) is 0 Å². The summed E-state index contributed by atoms with van der Waals surface area (Å²) in [6.45, 7) is 0. The lowest BCUT2D eigenvalue weighted by Crippen LogP contribution is -2.28. The standard InChI is InChI=1S/C61H40N2O/c1-4-19-42(20-5-1)62(43-21-6-2-7-22-43)45-39-37-41(38-40-45)46-28-16-32-53-58(46)49-26-11-14-31-52(49)61(53)51-30-13-10-25-47(51)48-29-17-34-55(60(48)61)63(44-23-8-3-9-24-44)54-33-18-36-57-59(54)50-27-12-15-35-56(50)64-57/h1-40H. The molecule has 300 valence electrons. The third kappa shape index (κ3) is 5.22. The fourth-order valence-electron chi connectivity index (χ4n) is 11.0. The van der Waals surface area contributed by atoms with E-state index >= 15 is 0 Å². The van der Waals surface area contributed by atoms with Crippen LogP contribution in [-0.4, -0.2) is 0 Å². The third-order valence-electron chi connectivity index (χ3n) is 13.4. The summed E-state index contributed by atoms with van der Waals surface area (Å²) in [7, 11) is 0.